The van der Waals surface area contributed by atoms with Gasteiger partial charge in [0.05, 0.1) is 26.4 Å². The van der Waals surface area contributed by atoms with Crippen molar-refractivity contribution in [2.45, 2.75) is 103 Å². The van der Waals surface area contributed by atoms with Gasteiger partial charge in [0.1, 0.15) is 5.41 Å². The van der Waals surface area contributed by atoms with Gasteiger partial charge in [0.25, 0.3) is 0 Å². The molecule has 0 heterocycles. The molecule has 0 radical (unpaired) electrons. The first kappa shape index (κ1) is 45.5. The highest BCUT2D eigenvalue weighted by molar-refractivity contribution is 6.74. The molecule has 2 aromatic rings. The number of hydrogen-bond donors (Lipinski definition) is 0. The van der Waals surface area contributed by atoms with E-state index in [1.807, 2.05) is 31.2 Å². The SMILES string of the molecule is C=C(C)CO[Si](C)(C)C(C)(C)C.COC(=O)C(=[N+]=[N-])c1ccc(Cl)cc1.COC(=O)[C@@]1(c2ccc(Cl)cc2)CC1(C)CO[Si](C)(C)C(C)(C)C. The molecule has 0 aliphatic heterocycles. The van der Waals surface area contributed by atoms with Gasteiger partial charge in [0.2, 0.25) is 0 Å². The number of methoxy groups -OCH3 is 2. The first-order valence-electron chi connectivity index (χ1n) is 16.6. The number of esters is 2. The minimum atomic E-state index is -1.87. The fraction of sp³-hybridized carbons (Fsp3) is 0.553. The van der Waals surface area contributed by atoms with Crippen LogP contribution in [0.25, 0.3) is 5.53 Å². The molecule has 50 heavy (non-hydrogen) atoms. The van der Waals surface area contributed by atoms with E-state index in [0.29, 0.717) is 27.3 Å². The molecular formula is C38H58Cl2N2O6Si2. The number of hydrogen-bond acceptors (Lipinski definition) is 6. The maximum absolute atomic E-state index is 12.6. The van der Waals surface area contributed by atoms with Crippen LogP contribution in [0.1, 0.15) is 72.9 Å². The van der Waals surface area contributed by atoms with Crippen molar-refractivity contribution in [1.29, 1.82) is 0 Å². The minimum absolute atomic E-state index is 0.145. The van der Waals surface area contributed by atoms with Crippen molar-refractivity contribution in [3.05, 3.63) is 87.4 Å². The molecule has 1 aliphatic rings. The first-order chi connectivity index (χ1) is 22.7. The smallest absolute Gasteiger partial charge is 0.422 e. The van der Waals surface area contributed by atoms with Crippen LogP contribution in [0.5, 0.6) is 0 Å². The molecule has 1 aliphatic carbocycles. The average Bonchev–Trinajstić information content (AvgIpc) is 3.66. The number of benzene rings is 2. The molecule has 3 rings (SSSR count). The average molecular weight is 766 g/mol. The molecule has 2 aromatic carbocycles. The Morgan fingerprint density at radius 2 is 1.28 bits per heavy atom. The normalized spacial score (nSPS) is 18.6. The molecule has 8 nitrogen and oxygen atoms in total. The van der Waals surface area contributed by atoms with E-state index in [0.717, 1.165) is 24.2 Å². The zero-order valence-corrected chi connectivity index (χ0v) is 36.1. The lowest BCUT2D eigenvalue weighted by molar-refractivity contribution is -0.145. The predicted octanol–water partition coefficient (Wildman–Crippen LogP) is 10.3. The Bertz CT molecular complexity index is 1530. The Morgan fingerprint density at radius 1 is 0.840 bits per heavy atom. The van der Waals surface area contributed by atoms with E-state index in [-0.39, 0.29) is 22.1 Å². The zero-order chi connectivity index (χ0) is 38.9. The van der Waals surface area contributed by atoms with Gasteiger partial charge in [-0.15, -0.1) is 0 Å². The van der Waals surface area contributed by atoms with Crippen molar-refractivity contribution in [3.63, 3.8) is 0 Å². The van der Waals surface area contributed by atoms with Crippen LogP contribution in [0, 0.1) is 5.41 Å². The second-order valence-electron chi connectivity index (χ2n) is 16.1. The number of rotatable bonds is 10. The molecule has 1 fully saturated rings. The summed E-state index contributed by atoms with van der Waals surface area (Å²) in [5.41, 5.74) is 10.1. The summed E-state index contributed by atoms with van der Waals surface area (Å²) < 4.78 is 21.9. The topological polar surface area (TPSA) is 107 Å². The second kappa shape index (κ2) is 17.8. The van der Waals surface area contributed by atoms with Crippen LogP contribution in [0.4, 0.5) is 0 Å². The molecule has 12 heteroatoms. The van der Waals surface area contributed by atoms with E-state index in [1.165, 1.54) is 14.2 Å². The van der Waals surface area contributed by atoms with Gasteiger partial charge in [0, 0.05) is 22.1 Å². The third kappa shape index (κ3) is 11.7. The Morgan fingerprint density at radius 3 is 1.66 bits per heavy atom. The summed E-state index contributed by atoms with van der Waals surface area (Å²) in [6.07, 6.45) is 0.739. The molecule has 0 aromatic heterocycles. The van der Waals surface area contributed by atoms with Gasteiger partial charge < -0.3 is 23.9 Å². The van der Waals surface area contributed by atoms with Gasteiger partial charge in [-0.3, -0.25) is 4.79 Å². The van der Waals surface area contributed by atoms with Gasteiger partial charge in [0.15, 0.2) is 16.6 Å². The Hall–Kier alpha value is -2.57. The van der Waals surface area contributed by atoms with Crippen LogP contribution in [0.3, 0.4) is 0 Å². The third-order valence-corrected chi connectivity index (χ3v) is 19.5. The molecule has 1 saturated carbocycles. The van der Waals surface area contributed by atoms with Crippen LogP contribution in [0.15, 0.2) is 60.7 Å². The largest absolute Gasteiger partial charge is 0.468 e. The fourth-order valence-electron chi connectivity index (χ4n) is 4.51. The summed E-state index contributed by atoms with van der Waals surface area (Å²) in [4.78, 5) is 26.6. The van der Waals surface area contributed by atoms with Gasteiger partial charge in [-0.05, 0) is 91.6 Å². The number of nitrogens with zero attached hydrogens (tertiary/aromatic N) is 2. The van der Waals surface area contributed by atoms with Crippen LogP contribution in [-0.4, -0.2) is 66.5 Å². The van der Waals surface area contributed by atoms with Gasteiger partial charge >= 0.3 is 17.7 Å². The number of ether oxygens (including phenoxy) is 2. The molecule has 0 saturated heterocycles. The summed E-state index contributed by atoms with van der Waals surface area (Å²) in [5, 5.41) is 1.66. The highest BCUT2D eigenvalue weighted by atomic mass is 35.5. The summed E-state index contributed by atoms with van der Waals surface area (Å²) in [7, 11) is -0.730. The number of halogens is 2. The third-order valence-electron chi connectivity index (χ3n) is 10.1. The highest BCUT2D eigenvalue weighted by Gasteiger charge is 2.71. The maximum Gasteiger partial charge on any atom is 0.422 e. The van der Waals surface area contributed by atoms with E-state index in [4.69, 9.17) is 42.3 Å². The molecule has 0 amide bonds. The van der Waals surface area contributed by atoms with E-state index >= 15 is 0 Å². The lowest BCUT2D eigenvalue weighted by Gasteiger charge is -2.37. The summed E-state index contributed by atoms with van der Waals surface area (Å²) >= 11 is 11.7. The second-order valence-corrected chi connectivity index (χ2v) is 26.6. The molecular weight excluding hydrogens is 708 g/mol. The molecule has 0 spiro atoms. The predicted molar refractivity (Wildman–Crippen MR) is 210 cm³/mol. The van der Waals surface area contributed by atoms with Crippen molar-refractivity contribution < 1.29 is 32.7 Å². The van der Waals surface area contributed by atoms with Crippen LogP contribution in [-0.2, 0) is 33.3 Å². The van der Waals surface area contributed by atoms with E-state index in [9.17, 15) is 9.59 Å². The molecule has 0 bridgehead atoms. The Kier molecular flexibility index (Phi) is 16.2. The molecule has 2 atom stereocenters. The standard InChI is InChI=1S/C19H29ClO3Si.C10H22OSi.C9H7ClN2O2/c1-17(2,3)24(6,7)23-13-18(4)12-19(18,16(21)22-5)14-8-10-15(20)11-9-14;1-9(2)8-11-12(6,7)10(3,4)5;1-14-9(13)8(12-11)6-2-4-7(10)5-3-6/h8-11H,12-13H2,1-7H3;1,8H2,2-7H3;2-5H,1H3/t18?,19-;;/m0../s1. The minimum Gasteiger partial charge on any atom is -0.468 e. The molecule has 278 valence electrons. The van der Waals surface area contributed by atoms with Crippen LogP contribution >= 0.6 is 23.2 Å². The van der Waals surface area contributed by atoms with E-state index < -0.39 is 28.0 Å². The number of carbonyl (C=O) groups excluding carboxylic acids is 2. The van der Waals surface area contributed by atoms with Gasteiger partial charge in [-0.25, -0.2) is 4.79 Å². The first-order valence-corrected chi connectivity index (χ1v) is 23.2. The summed E-state index contributed by atoms with van der Waals surface area (Å²) in [6.45, 7) is 31.7. The van der Waals surface area contributed by atoms with Crippen LogP contribution in [0.2, 0.25) is 46.3 Å². The van der Waals surface area contributed by atoms with Crippen molar-refractivity contribution >= 4 is 57.5 Å². The lowest BCUT2D eigenvalue weighted by atomic mass is 9.87. The van der Waals surface area contributed by atoms with Crippen LogP contribution < -0.4 is 0 Å². The van der Waals surface area contributed by atoms with Crippen molar-refractivity contribution in [2.75, 3.05) is 27.4 Å². The van der Waals surface area contributed by atoms with Crippen molar-refractivity contribution in [1.82, 2.24) is 0 Å². The molecule has 1 unspecified atom stereocenters. The quantitative estimate of drug-likeness (QED) is 0.0595. The summed E-state index contributed by atoms with van der Waals surface area (Å²) in [6, 6.07) is 13.8. The zero-order valence-electron chi connectivity index (χ0n) is 32.5. The lowest BCUT2D eigenvalue weighted by Crippen LogP contribution is -2.43. The summed E-state index contributed by atoms with van der Waals surface area (Å²) in [5.74, 6) is -0.888. The van der Waals surface area contributed by atoms with Gasteiger partial charge in [-0.2, -0.15) is 4.79 Å². The Labute approximate surface area is 312 Å². The van der Waals surface area contributed by atoms with Gasteiger partial charge in [-0.1, -0.05) is 96.0 Å². The van der Waals surface area contributed by atoms with Crippen molar-refractivity contribution in [2.24, 2.45) is 5.41 Å². The fourth-order valence-corrected chi connectivity index (χ4v) is 6.91. The monoisotopic (exact) mass is 764 g/mol. The van der Waals surface area contributed by atoms with E-state index in [1.54, 1.807) is 24.3 Å². The highest BCUT2D eigenvalue weighted by Crippen LogP contribution is 2.65. The Balaban J connectivity index is 0.000000410. The van der Waals surface area contributed by atoms with E-state index in [2.05, 4.69) is 90.8 Å². The maximum atomic E-state index is 12.6. The van der Waals surface area contributed by atoms with Crippen molar-refractivity contribution in [3.8, 4) is 0 Å². The number of carbonyl (C=O) groups is 2. The molecule has 0 N–H and O–H groups in total.